The van der Waals surface area contributed by atoms with Crippen LogP contribution in [0.25, 0.3) is 0 Å². The molecule has 0 amide bonds. The minimum atomic E-state index is -0.238. The Bertz CT molecular complexity index is 279. The van der Waals surface area contributed by atoms with Crippen molar-refractivity contribution in [1.82, 2.24) is 0 Å². The second-order valence-corrected chi connectivity index (χ2v) is 3.30. The van der Waals surface area contributed by atoms with E-state index in [-0.39, 0.29) is 25.2 Å². The normalized spacial score (nSPS) is 10.9. The molecular weight excluding hydrogens is 220 g/mol. The van der Waals surface area contributed by atoms with E-state index < -0.39 is 0 Å². The molecule has 0 atom stereocenters. The number of carbonyl (C=O) groups is 2. The summed E-state index contributed by atoms with van der Waals surface area (Å²) in [7, 11) is 0. The summed E-state index contributed by atoms with van der Waals surface area (Å²) in [6.07, 6.45) is 8.60. The van der Waals surface area contributed by atoms with Crippen molar-refractivity contribution < 1.29 is 19.1 Å². The maximum absolute atomic E-state index is 11.1. The van der Waals surface area contributed by atoms with Gasteiger partial charge in [0.1, 0.15) is 13.2 Å². The van der Waals surface area contributed by atoms with Crippen LogP contribution in [0.3, 0.4) is 0 Å². The number of carbonyl (C=O) groups excluding carboxylic acids is 2. The Balaban J connectivity index is 3.46. The predicted molar refractivity (Wildman–Crippen MR) is 65.4 cm³/mol. The number of rotatable bonds is 8. The molecule has 0 spiro atoms. The van der Waals surface area contributed by atoms with Crippen LogP contribution in [0.1, 0.15) is 33.1 Å². The van der Waals surface area contributed by atoms with Crippen molar-refractivity contribution in [3.8, 4) is 0 Å². The van der Waals surface area contributed by atoms with Crippen molar-refractivity contribution in [2.75, 3.05) is 13.2 Å². The van der Waals surface area contributed by atoms with Crippen molar-refractivity contribution in [1.29, 1.82) is 0 Å². The van der Waals surface area contributed by atoms with Crippen LogP contribution in [0.15, 0.2) is 24.3 Å². The summed E-state index contributed by atoms with van der Waals surface area (Å²) in [5, 5.41) is 0. The first-order valence-corrected chi connectivity index (χ1v) is 5.78. The van der Waals surface area contributed by atoms with E-state index in [2.05, 4.69) is 0 Å². The zero-order valence-electron chi connectivity index (χ0n) is 10.5. The van der Waals surface area contributed by atoms with Crippen LogP contribution in [-0.2, 0) is 19.1 Å². The third-order valence-corrected chi connectivity index (χ3v) is 1.89. The Kier molecular flexibility index (Phi) is 9.91. The molecule has 4 heteroatoms. The first-order chi connectivity index (χ1) is 8.20. The Morgan fingerprint density at radius 3 is 2.12 bits per heavy atom. The highest BCUT2D eigenvalue weighted by Crippen LogP contribution is 1.94. The molecule has 17 heavy (non-hydrogen) atoms. The van der Waals surface area contributed by atoms with Crippen LogP contribution >= 0.6 is 0 Å². The fourth-order valence-electron chi connectivity index (χ4n) is 0.960. The molecule has 0 aliphatic rings. The van der Waals surface area contributed by atoms with Gasteiger partial charge in [-0.15, -0.1) is 0 Å². The lowest BCUT2D eigenvalue weighted by Gasteiger charge is -2.00. The molecule has 0 aliphatic carbocycles. The number of allylic oxidation sites excluding steroid dienone is 2. The maximum atomic E-state index is 11.1. The topological polar surface area (TPSA) is 52.6 Å². The number of hydrogen-bond acceptors (Lipinski definition) is 4. The van der Waals surface area contributed by atoms with E-state index >= 15 is 0 Å². The monoisotopic (exact) mass is 240 g/mol. The van der Waals surface area contributed by atoms with Gasteiger partial charge in [-0.25, -0.2) is 0 Å². The van der Waals surface area contributed by atoms with Gasteiger partial charge in [-0.2, -0.15) is 0 Å². The van der Waals surface area contributed by atoms with E-state index in [0.29, 0.717) is 19.3 Å². The van der Waals surface area contributed by atoms with E-state index in [1.807, 2.05) is 19.1 Å². The summed E-state index contributed by atoms with van der Waals surface area (Å²) < 4.78 is 9.72. The smallest absolute Gasteiger partial charge is 0.306 e. The predicted octanol–water partition coefficient (Wildman–Crippen LogP) is 2.40. The van der Waals surface area contributed by atoms with Crippen molar-refractivity contribution in [3.05, 3.63) is 24.3 Å². The van der Waals surface area contributed by atoms with Gasteiger partial charge < -0.3 is 9.47 Å². The molecule has 0 aromatic heterocycles. The lowest BCUT2D eigenvalue weighted by molar-refractivity contribution is -0.143. The molecular formula is C13H20O4. The van der Waals surface area contributed by atoms with Crippen LogP contribution in [0.2, 0.25) is 0 Å². The quantitative estimate of drug-likeness (QED) is 0.483. The first kappa shape index (κ1) is 15.4. The summed E-state index contributed by atoms with van der Waals surface area (Å²) >= 11 is 0. The van der Waals surface area contributed by atoms with Gasteiger partial charge in [-0.1, -0.05) is 19.1 Å². The summed E-state index contributed by atoms with van der Waals surface area (Å²) in [5.41, 5.74) is 0. The standard InChI is InChI=1S/C13H20O4/c1-3-5-6-9-13(15)17-11-8-7-10-16-12(14)4-2/h3,5,7-8H,4,6,9-11H2,1-2H3/b5-3+,8-7+. The first-order valence-electron chi connectivity index (χ1n) is 5.78. The van der Waals surface area contributed by atoms with Crippen LogP contribution < -0.4 is 0 Å². The number of hydrogen-bond donors (Lipinski definition) is 0. The summed E-state index contributed by atoms with van der Waals surface area (Å²) in [6, 6.07) is 0. The van der Waals surface area contributed by atoms with Gasteiger partial charge in [-0.05, 0) is 25.5 Å². The van der Waals surface area contributed by atoms with Crippen molar-refractivity contribution in [2.45, 2.75) is 33.1 Å². The van der Waals surface area contributed by atoms with E-state index in [9.17, 15) is 9.59 Å². The van der Waals surface area contributed by atoms with Gasteiger partial charge in [0.15, 0.2) is 0 Å². The highest BCUT2D eigenvalue weighted by Gasteiger charge is 1.98. The van der Waals surface area contributed by atoms with E-state index in [4.69, 9.17) is 9.47 Å². The highest BCUT2D eigenvalue weighted by atomic mass is 16.5. The fourth-order valence-corrected chi connectivity index (χ4v) is 0.960. The molecule has 0 aromatic rings. The lowest BCUT2D eigenvalue weighted by Crippen LogP contribution is -2.04. The minimum absolute atomic E-state index is 0.221. The molecule has 4 nitrogen and oxygen atoms in total. The van der Waals surface area contributed by atoms with Crippen LogP contribution in [0, 0.1) is 0 Å². The molecule has 0 saturated carbocycles. The van der Waals surface area contributed by atoms with E-state index in [1.165, 1.54) is 0 Å². The maximum Gasteiger partial charge on any atom is 0.306 e. The van der Waals surface area contributed by atoms with Crippen LogP contribution in [0.5, 0.6) is 0 Å². The molecule has 0 fully saturated rings. The third kappa shape index (κ3) is 10.7. The largest absolute Gasteiger partial charge is 0.461 e. The van der Waals surface area contributed by atoms with Crippen LogP contribution in [-0.4, -0.2) is 25.2 Å². The van der Waals surface area contributed by atoms with Crippen LogP contribution in [0.4, 0.5) is 0 Å². The number of esters is 2. The Morgan fingerprint density at radius 2 is 1.59 bits per heavy atom. The van der Waals surface area contributed by atoms with E-state index in [0.717, 1.165) is 0 Å². The molecule has 96 valence electrons. The molecule has 0 radical (unpaired) electrons. The van der Waals surface area contributed by atoms with Crippen molar-refractivity contribution >= 4 is 11.9 Å². The molecule has 0 aromatic carbocycles. The van der Waals surface area contributed by atoms with Crippen molar-refractivity contribution in [2.24, 2.45) is 0 Å². The minimum Gasteiger partial charge on any atom is -0.461 e. The number of ether oxygens (including phenoxy) is 2. The lowest BCUT2D eigenvalue weighted by atomic mass is 10.3. The fraction of sp³-hybridized carbons (Fsp3) is 0.538. The zero-order chi connectivity index (χ0) is 12.9. The average molecular weight is 240 g/mol. The molecule has 0 aliphatic heterocycles. The summed E-state index contributed by atoms with van der Waals surface area (Å²) in [6.45, 7) is 4.09. The second kappa shape index (κ2) is 10.9. The molecule has 0 N–H and O–H groups in total. The summed E-state index contributed by atoms with van der Waals surface area (Å²) in [5.74, 6) is -0.462. The Morgan fingerprint density at radius 1 is 1.00 bits per heavy atom. The molecule has 0 unspecified atom stereocenters. The van der Waals surface area contributed by atoms with Gasteiger partial charge in [0.05, 0.1) is 0 Å². The average Bonchev–Trinajstić information content (AvgIpc) is 2.33. The Labute approximate surface area is 102 Å². The SMILES string of the molecule is C/C=C/CCC(=O)OC/C=C/COC(=O)CC. The third-order valence-electron chi connectivity index (χ3n) is 1.89. The second-order valence-electron chi connectivity index (χ2n) is 3.30. The van der Waals surface area contributed by atoms with Crippen molar-refractivity contribution in [3.63, 3.8) is 0 Å². The van der Waals surface area contributed by atoms with Gasteiger partial charge in [-0.3, -0.25) is 9.59 Å². The van der Waals surface area contributed by atoms with Gasteiger partial charge in [0, 0.05) is 12.8 Å². The zero-order valence-corrected chi connectivity index (χ0v) is 10.5. The summed E-state index contributed by atoms with van der Waals surface area (Å²) in [4.78, 5) is 21.9. The van der Waals surface area contributed by atoms with Gasteiger partial charge in [0.2, 0.25) is 0 Å². The molecule has 0 rings (SSSR count). The van der Waals surface area contributed by atoms with Gasteiger partial charge in [0.25, 0.3) is 0 Å². The molecule has 0 bridgehead atoms. The molecule has 0 saturated heterocycles. The Hall–Kier alpha value is -1.58. The van der Waals surface area contributed by atoms with E-state index in [1.54, 1.807) is 19.1 Å². The molecule has 0 heterocycles. The highest BCUT2D eigenvalue weighted by molar-refractivity contribution is 5.69. The van der Waals surface area contributed by atoms with Gasteiger partial charge >= 0.3 is 11.9 Å².